The van der Waals surface area contributed by atoms with Crippen LogP contribution >= 0.6 is 0 Å². The third kappa shape index (κ3) is 3.43. The highest BCUT2D eigenvalue weighted by molar-refractivity contribution is 7.95. The molecule has 0 saturated carbocycles. The topological polar surface area (TPSA) is 101 Å². The quantitative estimate of drug-likeness (QED) is 0.698. The van der Waals surface area contributed by atoms with E-state index in [9.17, 15) is 21.9 Å². The van der Waals surface area contributed by atoms with Gasteiger partial charge in [-0.2, -0.15) is 0 Å². The molecular weight excluding hydrogens is 278 g/mol. The summed E-state index contributed by atoms with van der Waals surface area (Å²) in [5.41, 5.74) is -0.884. The van der Waals surface area contributed by atoms with Crippen molar-refractivity contribution in [1.82, 2.24) is 4.72 Å². The highest BCUT2D eigenvalue weighted by Gasteiger charge is 2.40. The number of hydrogen-bond donors (Lipinski definition) is 2. The van der Waals surface area contributed by atoms with E-state index in [4.69, 9.17) is 0 Å². The van der Waals surface area contributed by atoms with Crippen LogP contribution in [-0.2, 0) is 19.9 Å². The molecular formula is C10H21NO5S2. The molecule has 0 bridgehead atoms. The zero-order valence-electron chi connectivity index (χ0n) is 10.7. The van der Waals surface area contributed by atoms with Gasteiger partial charge in [-0.15, -0.1) is 0 Å². The number of sulfone groups is 1. The second-order valence-electron chi connectivity index (χ2n) is 4.82. The summed E-state index contributed by atoms with van der Waals surface area (Å²) in [5, 5.41) is 8.44. The summed E-state index contributed by atoms with van der Waals surface area (Å²) in [4.78, 5) is 0. The van der Waals surface area contributed by atoms with Gasteiger partial charge in [0, 0.05) is 0 Å². The molecule has 8 heteroatoms. The van der Waals surface area contributed by atoms with Gasteiger partial charge in [0.2, 0.25) is 10.0 Å². The van der Waals surface area contributed by atoms with Crippen LogP contribution in [0.3, 0.4) is 0 Å². The molecule has 0 aromatic heterocycles. The number of aliphatic hydroxyl groups is 1. The molecule has 2 N–H and O–H groups in total. The van der Waals surface area contributed by atoms with Crippen molar-refractivity contribution in [2.24, 2.45) is 0 Å². The molecule has 0 spiro atoms. The zero-order chi connectivity index (χ0) is 14.0. The Hall–Kier alpha value is -0.180. The van der Waals surface area contributed by atoms with Gasteiger partial charge < -0.3 is 5.11 Å². The van der Waals surface area contributed by atoms with E-state index in [1.807, 2.05) is 0 Å². The van der Waals surface area contributed by atoms with Gasteiger partial charge in [0.1, 0.15) is 0 Å². The molecule has 1 saturated heterocycles. The smallest absolute Gasteiger partial charge is 0.216 e. The summed E-state index contributed by atoms with van der Waals surface area (Å²) >= 11 is 0. The Labute approximate surface area is 109 Å². The van der Waals surface area contributed by atoms with Gasteiger partial charge in [-0.05, 0) is 19.3 Å². The van der Waals surface area contributed by atoms with E-state index in [0.717, 1.165) is 0 Å². The molecule has 0 radical (unpaired) electrons. The summed E-state index contributed by atoms with van der Waals surface area (Å²) in [6.07, 6.45) is 1.05. The van der Waals surface area contributed by atoms with Crippen LogP contribution in [0.5, 0.6) is 0 Å². The molecule has 108 valence electrons. The number of aliphatic hydroxyl groups excluding tert-OH is 1. The van der Waals surface area contributed by atoms with Crippen molar-refractivity contribution >= 4 is 19.9 Å². The molecule has 18 heavy (non-hydrogen) atoms. The van der Waals surface area contributed by atoms with Gasteiger partial charge in [0.25, 0.3) is 0 Å². The lowest BCUT2D eigenvalue weighted by molar-refractivity contribution is 0.172. The summed E-state index contributed by atoms with van der Waals surface area (Å²) in [7, 11) is -6.95. The Morgan fingerprint density at radius 3 is 2.22 bits per heavy atom. The minimum Gasteiger partial charge on any atom is -0.394 e. The fourth-order valence-electron chi connectivity index (χ4n) is 2.04. The third-order valence-corrected chi connectivity index (χ3v) is 7.62. The van der Waals surface area contributed by atoms with Crippen molar-refractivity contribution in [2.45, 2.75) is 43.9 Å². The maximum absolute atomic E-state index is 12.1. The van der Waals surface area contributed by atoms with Crippen LogP contribution in [0.1, 0.15) is 33.1 Å². The van der Waals surface area contributed by atoms with Crippen molar-refractivity contribution in [3.63, 3.8) is 0 Å². The number of rotatable bonds is 6. The van der Waals surface area contributed by atoms with Crippen molar-refractivity contribution in [1.29, 1.82) is 0 Å². The van der Waals surface area contributed by atoms with Crippen molar-refractivity contribution < 1.29 is 21.9 Å². The Balaban J connectivity index is 2.89. The van der Waals surface area contributed by atoms with Gasteiger partial charge >= 0.3 is 0 Å². The van der Waals surface area contributed by atoms with Crippen LogP contribution in [0.15, 0.2) is 0 Å². The van der Waals surface area contributed by atoms with Crippen LogP contribution in [0.2, 0.25) is 0 Å². The molecule has 1 rings (SSSR count). The molecule has 1 aliphatic rings. The SMILES string of the molecule is CCC(CC)(CO)NS(=O)(=O)C1CCS(=O)(=O)C1. The lowest BCUT2D eigenvalue weighted by Crippen LogP contribution is -2.53. The molecule has 0 aliphatic carbocycles. The first-order chi connectivity index (χ1) is 8.20. The summed E-state index contributed by atoms with van der Waals surface area (Å²) in [6, 6.07) is 0. The molecule has 0 aromatic carbocycles. The second kappa shape index (κ2) is 5.44. The molecule has 1 unspecified atom stereocenters. The average molecular weight is 299 g/mol. The lowest BCUT2D eigenvalue weighted by atomic mass is 9.96. The highest BCUT2D eigenvalue weighted by Crippen LogP contribution is 2.22. The number of nitrogens with one attached hydrogen (secondary N) is 1. The minimum absolute atomic E-state index is 0.0804. The minimum atomic E-state index is -3.71. The standard InChI is InChI=1S/C10H21NO5S2/c1-3-10(4-2,8-12)11-18(15,16)9-5-6-17(13,14)7-9/h9,11-12H,3-8H2,1-2H3. The molecule has 0 aromatic rings. The van der Waals surface area contributed by atoms with E-state index in [1.165, 1.54) is 0 Å². The van der Waals surface area contributed by atoms with Gasteiger partial charge in [-0.3, -0.25) is 0 Å². The maximum Gasteiger partial charge on any atom is 0.216 e. The van der Waals surface area contributed by atoms with Crippen LogP contribution in [0.25, 0.3) is 0 Å². The van der Waals surface area contributed by atoms with Gasteiger partial charge in [-0.25, -0.2) is 21.6 Å². The zero-order valence-corrected chi connectivity index (χ0v) is 12.3. The van der Waals surface area contributed by atoms with E-state index in [2.05, 4.69) is 4.72 Å². The van der Waals surface area contributed by atoms with E-state index >= 15 is 0 Å². The molecule has 1 fully saturated rings. The summed E-state index contributed by atoms with van der Waals surface area (Å²) in [5.74, 6) is -0.403. The van der Waals surface area contributed by atoms with Gasteiger partial charge in [-0.1, -0.05) is 13.8 Å². The molecule has 1 atom stereocenters. The Kier molecular flexibility index (Phi) is 4.80. The van der Waals surface area contributed by atoms with Crippen LogP contribution < -0.4 is 4.72 Å². The van der Waals surface area contributed by atoms with E-state index in [-0.39, 0.29) is 24.5 Å². The molecule has 0 amide bonds. The lowest BCUT2D eigenvalue weighted by Gasteiger charge is -2.31. The Bertz CT molecular complexity index is 470. The van der Waals surface area contributed by atoms with Crippen LogP contribution in [0, 0.1) is 0 Å². The Morgan fingerprint density at radius 2 is 1.89 bits per heavy atom. The first-order valence-electron chi connectivity index (χ1n) is 6.04. The fraction of sp³-hybridized carbons (Fsp3) is 1.00. The first kappa shape index (κ1) is 15.9. The van der Waals surface area contributed by atoms with Crippen molar-refractivity contribution in [3.05, 3.63) is 0 Å². The second-order valence-corrected chi connectivity index (χ2v) is 9.01. The maximum atomic E-state index is 12.1. The van der Waals surface area contributed by atoms with Gasteiger partial charge in [0.05, 0.1) is 28.9 Å². The van der Waals surface area contributed by atoms with E-state index in [1.54, 1.807) is 13.8 Å². The molecule has 6 nitrogen and oxygen atoms in total. The van der Waals surface area contributed by atoms with Crippen molar-refractivity contribution in [2.75, 3.05) is 18.1 Å². The average Bonchev–Trinajstić information content (AvgIpc) is 2.67. The van der Waals surface area contributed by atoms with Crippen LogP contribution in [-0.4, -0.2) is 50.8 Å². The number of hydrogen-bond acceptors (Lipinski definition) is 5. The molecule has 1 heterocycles. The van der Waals surface area contributed by atoms with E-state index in [0.29, 0.717) is 12.8 Å². The fourth-order valence-corrected chi connectivity index (χ4v) is 6.62. The predicted molar refractivity (Wildman–Crippen MR) is 69.5 cm³/mol. The predicted octanol–water partition coefficient (Wildman–Crippen LogP) is -0.356. The third-order valence-electron chi connectivity index (χ3n) is 3.64. The van der Waals surface area contributed by atoms with Crippen molar-refractivity contribution in [3.8, 4) is 0 Å². The van der Waals surface area contributed by atoms with Gasteiger partial charge in [0.15, 0.2) is 9.84 Å². The summed E-state index contributed by atoms with van der Waals surface area (Å²) < 4.78 is 49.4. The number of sulfonamides is 1. The monoisotopic (exact) mass is 299 g/mol. The first-order valence-corrected chi connectivity index (χ1v) is 9.41. The largest absolute Gasteiger partial charge is 0.394 e. The Morgan fingerprint density at radius 1 is 1.33 bits per heavy atom. The highest BCUT2D eigenvalue weighted by atomic mass is 32.2. The summed E-state index contributed by atoms with van der Waals surface area (Å²) in [6.45, 7) is 3.28. The normalized spacial score (nSPS) is 24.3. The molecule has 1 aliphatic heterocycles. The van der Waals surface area contributed by atoms with E-state index < -0.39 is 30.6 Å². The van der Waals surface area contributed by atoms with Crippen LogP contribution in [0.4, 0.5) is 0 Å².